The van der Waals surface area contributed by atoms with Crippen LogP contribution in [0.15, 0.2) is 72.3 Å². The molecule has 0 amide bonds. The van der Waals surface area contributed by atoms with Gasteiger partial charge in [0.15, 0.2) is 0 Å². The van der Waals surface area contributed by atoms with Crippen molar-refractivity contribution in [3.63, 3.8) is 0 Å². The lowest BCUT2D eigenvalue weighted by molar-refractivity contribution is -0.185. The zero-order chi connectivity index (χ0) is 24.6. The summed E-state index contributed by atoms with van der Waals surface area (Å²) in [5.41, 5.74) is 4.16. The molecule has 4 aromatic rings. The number of benzene rings is 3. The first-order valence-electron chi connectivity index (χ1n) is 11.2. The van der Waals surface area contributed by atoms with E-state index < -0.39 is 11.8 Å². The van der Waals surface area contributed by atoms with Crippen molar-refractivity contribution < 1.29 is 24.1 Å². The first-order chi connectivity index (χ1) is 16.9. The zero-order valence-electron chi connectivity index (χ0n) is 19.5. The summed E-state index contributed by atoms with van der Waals surface area (Å²) in [6, 6.07) is 19.9. The van der Waals surface area contributed by atoms with Crippen LogP contribution in [-0.4, -0.2) is 33.0 Å². The number of rotatable bonds is 7. The maximum absolute atomic E-state index is 13.2. The SMILES string of the molecule is COc1ccc(C2(O)OC(=O)C(c3ccc4nsnc4c3)=C2Cc2ccc(OC(C)C)cc2)cc1. The van der Waals surface area contributed by atoms with Crippen molar-refractivity contribution in [1.82, 2.24) is 8.75 Å². The molecule has 178 valence electrons. The quantitative estimate of drug-likeness (QED) is 0.371. The van der Waals surface area contributed by atoms with Crippen LogP contribution in [-0.2, 0) is 21.7 Å². The fourth-order valence-electron chi connectivity index (χ4n) is 4.19. The van der Waals surface area contributed by atoms with Crippen molar-refractivity contribution in [3.05, 3.63) is 89.0 Å². The molecule has 7 nitrogen and oxygen atoms in total. The Kier molecular flexibility index (Phi) is 6.00. The van der Waals surface area contributed by atoms with Crippen molar-refractivity contribution in [2.45, 2.75) is 32.2 Å². The van der Waals surface area contributed by atoms with E-state index in [1.807, 2.05) is 44.2 Å². The number of carbonyl (C=O) groups excluding carboxylic acids is 1. The van der Waals surface area contributed by atoms with Gasteiger partial charge in [-0.3, -0.25) is 0 Å². The Morgan fingerprint density at radius 3 is 2.34 bits per heavy atom. The standard InChI is InChI=1S/C27H24N2O5S/c1-16(2)33-21-9-4-17(5-10-21)14-22-25(18-6-13-23-24(15-18)29-35-28-23)26(30)34-27(22,31)19-7-11-20(32-3)12-8-19/h4-13,15-16,31H,14H2,1-3H3. The Hall–Kier alpha value is -3.75. The molecule has 1 unspecified atom stereocenters. The van der Waals surface area contributed by atoms with E-state index in [2.05, 4.69) is 8.75 Å². The van der Waals surface area contributed by atoms with Gasteiger partial charge in [0, 0.05) is 17.6 Å². The Labute approximate surface area is 206 Å². The second-order valence-corrected chi connectivity index (χ2v) is 9.10. The van der Waals surface area contributed by atoms with Gasteiger partial charge in [-0.2, -0.15) is 8.75 Å². The molecule has 1 aliphatic rings. The summed E-state index contributed by atoms with van der Waals surface area (Å²) < 4.78 is 25.2. The molecule has 1 atom stereocenters. The van der Waals surface area contributed by atoms with Crippen LogP contribution in [0.4, 0.5) is 0 Å². The summed E-state index contributed by atoms with van der Waals surface area (Å²) in [6.07, 6.45) is 0.352. The van der Waals surface area contributed by atoms with E-state index in [4.69, 9.17) is 14.2 Å². The third kappa shape index (κ3) is 4.38. The fourth-order valence-corrected chi connectivity index (χ4v) is 4.71. The molecular formula is C27H24N2O5S. The molecule has 1 N–H and O–H groups in total. The molecular weight excluding hydrogens is 464 g/mol. The van der Waals surface area contributed by atoms with Gasteiger partial charge >= 0.3 is 5.97 Å². The summed E-state index contributed by atoms with van der Waals surface area (Å²) in [5.74, 6) is -1.14. The lowest BCUT2D eigenvalue weighted by Crippen LogP contribution is -2.29. The van der Waals surface area contributed by atoms with Gasteiger partial charge in [-0.25, -0.2) is 4.79 Å². The molecule has 0 fully saturated rings. The minimum absolute atomic E-state index is 0.0614. The van der Waals surface area contributed by atoms with Crippen LogP contribution >= 0.6 is 11.7 Å². The van der Waals surface area contributed by atoms with E-state index in [1.165, 1.54) is 0 Å². The first-order valence-corrected chi connectivity index (χ1v) is 11.9. The lowest BCUT2D eigenvalue weighted by Gasteiger charge is -2.26. The third-order valence-electron chi connectivity index (χ3n) is 5.86. The second kappa shape index (κ2) is 9.13. The van der Waals surface area contributed by atoms with Crippen molar-refractivity contribution in [2.24, 2.45) is 0 Å². The van der Waals surface area contributed by atoms with Gasteiger partial charge in [0.25, 0.3) is 5.79 Å². The van der Waals surface area contributed by atoms with Crippen LogP contribution in [0.1, 0.15) is 30.5 Å². The van der Waals surface area contributed by atoms with Crippen molar-refractivity contribution in [2.75, 3.05) is 7.11 Å². The van der Waals surface area contributed by atoms with Crippen molar-refractivity contribution in [3.8, 4) is 11.5 Å². The fraction of sp³-hybridized carbons (Fsp3) is 0.222. The molecule has 0 radical (unpaired) electrons. The van der Waals surface area contributed by atoms with Crippen LogP contribution in [0.3, 0.4) is 0 Å². The van der Waals surface area contributed by atoms with Crippen LogP contribution in [0, 0.1) is 0 Å². The van der Waals surface area contributed by atoms with Crippen LogP contribution in [0.25, 0.3) is 16.6 Å². The average molecular weight is 489 g/mol. The van der Waals surface area contributed by atoms with Crippen LogP contribution < -0.4 is 9.47 Å². The number of hydrogen-bond donors (Lipinski definition) is 1. The molecule has 5 rings (SSSR count). The topological polar surface area (TPSA) is 90.8 Å². The van der Waals surface area contributed by atoms with Gasteiger partial charge in [-0.1, -0.05) is 18.2 Å². The molecule has 1 aliphatic heterocycles. The van der Waals surface area contributed by atoms with Gasteiger partial charge in [0.1, 0.15) is 22.5 Å². The first kappa shape index (κ1) is 23.0. The third-order valence-corrected chi connectivity index (χ3v) is 6.41. The summed E-state index contributed by atoms with van der Waals surface area (Å²) in [7, 11) is 1.57. The summed E-state index contributed by atoms with van der Waals surface area (Å²) in [6.45, 7) is 3.94. The van der Waals surface area contributed by atoms with Crippen LogP contribution in [0.2, 0.25) is 0 Å². The number of cyclic esters (lactones) is 1. The lowest BCUT2D eigenvalue weighted by atomic mass is 9.88. The van der Waals surface area contributed by atoms with E-state index in [-0.39, 0.29) is 6.10 Å². The molecule has 8 heteroatoms. The van der Waals surface area contributed by atoms with E-state index in [0.29, 0.717) is 40.0 Å². The van der Waals surface area contributed by atoms with E-state index in [1.54, 1.807) is 43.5 Å². The Morgan fingerprint density at radius 2 is 1.66 bits per heavy atom. The molecule has 35 heavy (non-hydrogen) atoms. The number of ether oxygens (including phenoxy) is 3. The number of esters is 1. The minimum atomic E-state index is -1.93. The highest BCUT2D eigenvalue weighted by Gasteiger charge is 2.48. The molecule has 0 spiro atoms. The monoisotopic (exact) mass is 488 g/mol. The Bertz CT molecular complexity index is 1410. The van der Waals surface area contributed by atoms with E-state index in [9.17, 15) is 9.90 Å². The van der Waals surface area contributed by atoms with Crippen LogP contribution in [0.5, 0.6) is 11.5 Å². The Balaban J connectivity index is 1.62. The summed E-state index contributed by atoms with van der Waals surface area (Å²) in [4.78, 5) is 13.2. The van der Waals surface area contributed by atoms with E-state index in [0.717, 1.165) is 28.6 Å². The molecule has 0 saturated carbocycles. The smallest absolute Gasteiger partial charge is 0.342 e. The normalized spacial score (nSPS) is 17.8. The van der Waals surface area contributed by atoms with E-state index >= 15 is 0 Å². The highest BCUT2D eigenvalue weighted by atomic mass is 32.1. The molecule has 0 saturated heterocycles. The second-order valence-electron chi connectivity index (χ2n) is 8.57. The minimum Gasteiger partial charge on any atom is -0.497 e. The van der Waals surface area contributed by atoms with Crippen molar-refractivity contribution in [1.29, 1.82) is 0 Å². The van der Waals surface area contributed by atoms with Gasteiger partial charge in [0.2, 0.25) is 0 Å². The average Bonchev–Trinajstić information content (AvgIpc) is 3.42. The highest BCUT2D eigenvalue weighted by molar-refractivity contribution is 7.00. The number of nitrogens with zero attached hydrogens (tertiary/aromatic N) is 2. The number of aromatic nitrogens is 2. The predicted molar refractivity (Wildman–Crippen MR) is 133 cm³/mol. The highest BCUT2D eigenvalue weighted by Crippen LogP contribution is 2.45. The summed E-state index contributed by atoms with van der Waals surface area (Å²) in [5, 5.41) is 11.8. The Morgan fingerprint density at radius 1 is 0.971 bits per heavy atom. The van der Waals surface area contributed by atoms with Gasteiger partial charge in [0.05, 0.1) is 30.5 Å². The molecule has 0 bridgehead atoms. The molecule has 2 heterocycles. The number of carbonyl (C=O) groups is 1. The summed E-state index contributed by atoms with van der Waals surface area (Å²) >= 11 is 1.11. The number of methoxy groups -OCH3 is 1. The number of fused-ring (bicyclic) bond motifs is 1. The maximum atomic E-state index is 13.2. The van der Waals surface area contributed by atoms with Crippen molar-refractivity contribution >= 4 is 34.3 Å². The largest absolute Gasteiger partial charge is 0.497 e. The molecule has 0 aliphatic carbocycles. The number of aliphatic hydroxyl groups is 1. The molecule has 1 aromatic heterocycles. The number of hydrogen-bond acceptors (Lipinski definition) is 8. The van der Waals surface area contributed by atoms with Gasteiger partial charge < -0.3 is 19.3 Å². The predicted octanol–water partition coefficient (Wildman–Crippen LogP) is 4.89. The molecule has 3 aromatic carbocycles. The maximum Gasteiger partial charge on any atom is 0.342 e. The van der Waals surface area contributed by atoms with Gasteiger partial charge in [-0.15, -0.1) is 0 Å². The van der Waals surface area contributed by atoms with Gasteiger partial charge in [-0.05, 0) is 73.5 Å². The zero-order valence-corrected chi connectivity index (χ0v) is 20.3.